The van der Waals surface area contributed by atoms with Gasteiger partial charge in [-0.15, -0.1) is 0 Å². The van der Waals surface area contributed by atoms with Crippen molar-refractivity contribution in [1.82, 2.24) is 4.72 Å². The first kappa shape index (κ1) is 24.2. The van der Waals surface area contributed by atoms with E-state index in [1.54, 1.807) is 36.4 Å². The molecule has 3 aromatic rings. The average Bonchev–Trinajstić information content (AvgIpc) is 2.75. The summed E-state index contributed by atoms with van der Waals surface area (Å²) < 4.78 is 48.1. The minimum Gasteiger partial charge on any atom is -0.495 e. The molecular formula is C22H19BrClFN2O4S. The fraction of sp³-hybridized carbons (Fsp3) is 0.136. The Morgan fingerprint density at radius 1 is 1.12 bits per heavy atom. The molecule has 0 aromatic heterocycles. The van der Waals surface area contributed by atoms with Crippen molar-refractivity contribution in [3.63, 3.8) is 0 Å². The maximum Gasteiger partial charge on any atom is 0.242 e. The van der Waals surface area contributed by atoms with Gasteiger partial charge in [-0.3, -0.25) is 4.79 Å². The van der Waals surface area contributed by atoms with Gasteiger partial charge in [0.15, 0.2) is 0 Å². The molecule has 0 aliphatic carbocycles. The molecular weight excluding hydrogens is 523 g/mol. The first-order valence-corrected chi connectivity index (χ1v) is 12.0. The number of amides is 1. The lowest BCUT2D eigenvalue weighted by Gasteiger charge is -2.19. The number of halogens is 3. The Balaban J connectivity index is 1.89. The van der Waals surface area contributed by atoms with Gasteiger partial charge < -0.3 is 10.1 Å². The zero-order valence-electron chi connectivity index (χ0n) is 16.8. The Kier molecular flexibility index (Phi) is 7.89. The molecule has 10 heteroatoms. The van der Waals surface area contributed by atoms with Crippen molar-refractivity contribution in [3.8, 4) is 5.75 Å². The summed E-state index contributed by atoms with van der Waals surface area (Å²) in [7, 11) is -2.72. The van der Waals surface area contributed by atoms with E-state index in [9.17, 15) is 17.6 Å². The number of anilines is 1. The van der Waals surface area contributed by atoms with Crippen LogP contribution >= 0.6 is 27.5 Å². The molecule has 6 nitrogen and oxygen atoms in total. The topological polar surface area (TPSA) is 84.5 Å². The average molecular weight is 542 g/mol. The maximum atomic E-state index is 14.2. The van der Waals surface area contributed by atoms with Crippen LogP contribution in [-0.2, 0) is 21.2 Å². The van der Waals surface area contributed by atoms with Gasteiger partial charge in [-0.1, -0.05) is 57.9 Å². The van der Waals surface area contributed by atoms with Gasteiger partial charge in [0, 0.05) is 4.47 Å². The van der Waals surface area contributed by atoms with E-state index in [0.29, 0.717) is 10.2 Å². The predicted octanol–water partition coefficient (Wildman–Crippen LogP) is 4.78. The molecule has 0 saturated carbocycles. The molecule has 0 aliphatic rings. The van der Waals surface area contributed by atoms with Gasteiger partial charge in [-0.25, -0.2) is 12.8 Å². The highest BCUT2D eigenvalue weighted by molar-refractivity contribution is 9.10. The molecule has 0 radical (unpaired) electrons. The number of hydrogen-bond acceptors (Lipinski definition) is 4. The van der Waals surface area contributed by atoms with Crippen LogP contribution in [0.25, 0.3) is 0 Å². The molecule has 1 amide bonds. The van der Waals surface area contributed by atoms with E-state index in [-0.39, 0.29) is 22.0 Å². The molecule has 1 atom stereocenters. The van der Waals surface area contributed by atoms with Crippen molar-refractivity contribution in [1.29, 1.82) is 0 Å². The van der Waals surface area contributed by atoms with Crippen LogP contribution in [0.3, 0.4) is 0 Å². The highest BCUT2D eigenvalue weighted by Crippen LogP contribution is 2.27. The summed E-state index contributed by atoms with van der Waals surface area (Å²) in [6.07, 6.45) is 0.0495. The van der Waals surface area contributed by atoms with E-state index >= 15 is 0 Å². The zero-order chi connectivity index (χ0) is 23.3. The van der Waals surface area contributed by atoms with E-state index in [4.69, 9.17) is 16.3 Å². The Bertz CT molecular complexity index is 1230. The third kappa shape index (κ3) is 6.07. The maximum absolute atomic E-state index is 14.2. The number of carbonyl (C=O) groups is 1. The number of benzene rings is 3. The van der Waals surface area contributed by atoms with E-state index in [1.165, 1.54) is 37.4 Å². The lowest BCUT2D eigenvalue weighted by molar-refractivity contribution is -0.117. The Morgan fingerprint density at radius 3 is 2.47 bits per heavy atom. The minimum absolute atomic E-state index is 0.0495. The van der Waals surface area contributed by atoms with E-state index in [1.807, 2.05) is 0 Å². The van der Waals surface area contributed by atoms with Gasteiger partial charge >= 0.3 is 0 Å². The smallest absolute Gasteiger partial charge is 0.242 e. The SMILES string of the molecule is COc1ccc(S(=O)(=O)N[C@H](Cc2ccccc2)C(=O)Nc2ccc(Br)cc2F)cc1Cl. The number of rotatable bonds is 8. The van der Waals surface area contributed by atoms with Crippen LogP contribution < -0.4 is 14.8 Å². The summed E-state index contributed by atoms with van der Waals surface area (Å²) in [5, 5.41) is 2.56. The van der Waals surface area contributed by atoms with E-state index in [2.05, 4.69) is 26.0 Å². The van der Waals surface area contributed by atoms with Crippen LogP contribution in [0.2, 0.25) is 5.02 Å². The van der Waals surface area contributed by atoms with Gasteiger partial charge in [0.2, 0.25) is 15.9 Å². The van der Waals surface area contributed by atoms with Crippen molar-refractivity contribution < 1.29 is 22.3 Å². The lowest BCUT2D eigenvalue weighted by Crippen LogP contribution is -2.45. The summed E-state index contributed by atoms with van der Waals surface area (Å²) in [6.45, 7) is 0. The number of ether oxygens (including phenoxy) is 1. The van der Waals surface area contributed by atoms with Crippen molar-refractivity contribution in [2.45, 2.75) is 17.4 Å². The normalized spacial score (nSPS) is 12.2. The summed E-state index contributed by atoms with van der Waals surface area (Å²) in [5.41, 5.74) is 0.655. The predicted molar refractivity (Wildman–Crippen MR) is 125 cm³/mol. The second-order valence-electron chi connectivity index (χ2n) is 6.77. The lowest BCUT2D eigenvalue weighted by atomic mass is 10.1. The van der Waals surface area contributed by atoms with Gasteiger partial charge in [0.05, 0.1) is 22.7 Å². The first-order valence-electron chi connectivity index (χ1n) is 9.35. The van der Waals surface area contributed by atoms with Crippen LogP contribution in [0.1, 0.15) is 5.56 Å². The van der Waals surface area contributed by atoms with Crippen molar-refractivity contribution in [3.05, 3.63) is 87.6 Å². The molecule has 0 saturated heterocycles. The number of sulfonamides is 1. The molecule has 0 heterocycles. The third-order valence-electron chi connectivity index (χ3n) is 4.52. The summed E-state index contributed by atoms with van der Waals surface area (Å²) >= 11 is 9.21. The van der Waals surface area contributed by atoms with Crippen LogP contribution in [0.15, 0.2) is 76.1 Å². The number of carbonyl (C=O) groups excluding carboxylic acids is 1. The summed E-state index contributed by atoms with van der Waals surface area (Å²) in [6, 6.07) is 15.8. The molecule has 3 rings (SSSR count). The third-order valence-corrected chi connectivity index (χ3v) is 6.78. The minimum atomic E-state index is -4.13. The summed E-state index contributed by atoms with van der Waals surface area (Å²) in [5.74, 6) is -1.05. The van der Waals surface area contributed by atoms with E-state index in [0.717, 1.165) is 5.56 Å². The fourth-order valence-electron chi connectivity index (χ4n) is 2.92. The second kappa shape index (κ2) is 10.4. The molecule has 2 N–H and O–H groups in total. The van der Waals surface area contributed by atoms with Crippen LogP contribution in [0.5, 0.6) is 5.75 Å². The van der Waals surface area contributed by atoms with Crippen molar-refractivity contribution >= 4 is 49.1 Å². The van der Waals surface area contributed by atoms with Crippen LogP contribution in [-0.4, -0.2) is 27.5 Å². The molecule has 0 unspecified atom stereocenters. The number of hydrogen-bond donors (Lipinski definition) is 2. The molecule has 0 spiro atoms. The number of methoxy groups -OCH3 is 1. The van der Waals surface area contributed by atoms with Gasteiger partial charge in [-0.05, 0) is 48.4 Å². The standard InChI is InChI=1S/C22H19BrClFN2O4S/c1-31-21-10-8-16(13-17(21)24)32(29,30)27-20(11-14-5-3-2-4-6-14)22(28)26-19-9-7-15(23)12-18(19)25/h2-10,12-13,20,27H,11H2,1H3,(H,26,28)/t20-/m1/s1. The van der Waals surface area contributed by atoms with Gasteiger partial charge in [0.25, 0.3) is 0 Å². The highest BCUT2D eigenvalue weighted by atomic mass is 79.9. The van der Waals surface area contributed by atoms with Gasteiger partial charge in [-0.2, -0.15) is 4.72 Å². The highest BCUT2D eigenvalue weighted by Gasteiger charge is 2.27. The molecule has 32 heavy (non-hydrogen) atoms. The molecule has 0 bridgehead atoms. The molecule has 0 fully saturated rings. The van der Waals surface area contributed by atoms with Crippen molar-refractivity contribution in [2.24, 2.45) is 0 Å². The van der Waals surface area contributed by atoms with Gasteiger partial charge in [0.1, 0.15) is 17.6 Å². The van der Waals surface area contributed by atoms with E-state index < -0.39 is 27.8 Å². The Labute approximate surface area is 198 Å². The summed E-state index contributed by atoms with van der Waals surface area (Å²) in [4.78, 5) is 12.8. The molecule has 168 valence electrons. The monoisotopic (exact) mass is 540 g/mol. The fourth-order valence-corrected chi connectivity index (χ4v) is 4.79. The van der Waals surface area contributed by atoms with Crippen molar-refractivity contribution in [2.75, 3.05) is 12.4 Å². The number of nitrogens with one attached hydrogen (secondary N) is 2. The largest absolute Gasteiger partial charge is 0.495 e. The molecule has 3 aromatic carbocycles. The zero-order valence-corrected chi connectivity index (χ0v) is 20.0. The molecule has 0 aliphatic heterocycles. The second-order valence-corrected chi connectivity index (χ2v) is 9.81. The van der Waals surface area contributed by atoms with Crippen LogP contribution in [0.4, 0.5) is 10.1 Å². The first-order chi connectivity index (χ1) is 15.2. The quantitative estimate of drug-likeness (QED) is 0.430. The van der Waals surface area contributed by atoms with Crippen LogP contribution in [0, 0.1) is 5.82 Å². The Hall–Kier alpha value is -2.46. The Morgan fingerprint density at radius 2 is 1.84 bits per heavy atom.